The third-order valence-corrected chi connectivity index (χ3v) is 5.23. The number of aryl methyl sites for hydroxylation is 1. The highest BCUT2D eigenvalue weighted by atomic mass is 16.4. The fraction of sp³-hybridized carbons (Fsp3) is 0.125. The van der Waals surface area contributed by atoms with E-state index in [1.165, 1.54) is 0 Å². The number of furan rings is 1. The minimum Gasteiger partial charge on any atom is -0.454 e. The van der Waals surface area contributed by atoms with Crippen LogP contribution in [0.5, 0.6) is 0 Å². The number of hydrogen-bond acceptors (Lipinski definition) is 4. The van der Waals surface area contributed by atoms with Crippen molar-refractivity contribution in [1.29, 1.82) is 0 Å². The molecule has 7 heteroatoms. The highest BCUT2D eigenvalue weighted by Crippen LogP contribution is 2.16. The van der Waals surface area contributed by atoms with Crippen LogP contribution in [0.25, 0.3) is 16.7 Å². The summed E-state index contributed by atoms with van der Waals surface area (Å²) in [5, 5.41) is 2.86. The van der Waals surface area contributed by atoms with Gasteiger partial charge in [-0.25, -0.2) is 4.98 Å². The summed E-state index contributed by atoms with van der Waals surface area (Å²) in [6, 6.07) is 18.6. The van der Waals surface area contributed by atoms with Gasteiger partial charge >= 0.3 is 0 Å². The standard InChI is InChI=1S/C24H20N4O3/c1-16-5-2-6-17(13-16)14-26-23(29)21-10-9-18(31-21)15-28-22-19(7-3-11-25-22)27-12-4-8-20(27)24(28)30/h2-13H,14-15H2,1H3,(H,26,29). The number of carbonyl (C=O) groups is 1. The Hall–Kier alpha value is -4.13. The minimum absolute atomic E-state index is 0.168. The maximum Gasteiger partial charge on any atom is 0.287 e. The molecule has 1 aromatic carbocycles. The lowest BCUT2D eigenvalue weighted by Crippen LogP contribution is -2.24. The fourth-order valence-corrected chi connectivity index (χ4v) is 3.76. The number of benzene rings is 1. The van der Waals surface area contributed by atoms with Crippen molar-refractivity contribution in [3.63, 3.8) is 0 Å². The molecule has 1 N–H and O–H groups in total. The molecule has 0 saturated heterocycles. The second kappa shape index (κ2) is 7.60. The Labute approximate surface area is 177 Å². The largest absolute Gasteiger partial charge is 0.454 e. The number of hydrogen-bond donors (Lipinski definition) is 1. The van der Waals surface area contributed by atoms with Crippen molar-refractivity contribution in [3.05, 3.63) is 106 Å². The second-order valence-corrected chi connectivity index (χ2v) is 7.44. The highest BCUT2D eigenvalue weighted by molar-refractivity contribution is 5.91. The Kier molecular flexibility index (Phi) is 4.63. The first kappa shape index (κ1) is 18.9. The predicted molar refractivity (Wildman–Crippen MR) is 117 cm³/mol. The Morgan fingerprint density at radius 2 is 1.94 bits per heavy atom. The predicted octanol–water partition coefficient (Wildman–Crippen LogP) is 3.53. The summed E-state index contributed by atoms with van der Waals surface area (Å²) in [6.07, 6.45) is 3.49. The summed E-state index contributed by atoms with van der Waals surface area (Å²) in [5.41, 5.74) is 3.92. The number of fused-ring (bicyclic) bond motifs is 3. The zero-order valence-electron chi connectivity index (χ0n) is 16.9. The molecule has 0 saturated carbocycles. The molecule has 31 heavy (non-hydrogen) atoms. The van der Waals surface area contributed by atoms with Crippen LogP contribution in [0.4, 0.5) is 0 Å². The number of aromatic nitrogens is 3. The van der Waals surface area contributed by atoms with Gasteiger partial charge in [0.05, 0.1) is 12.1 Å². The number of pyridine rings is 1. The molecule has 0 fully saturated rings. The first-order valence-corrected chi connectivity index (χ1v) is 9.97. The van der Waals surface area contributed by atoms with Gasteiger partial charge in [-0.1, -0.05) is 29.8 Å². The Balaban J connectivity index is 1.40. The van der Waals surface area contributed by atoms with Crippen molar-refractivity contribution in [3.8, 4) is 0 Å². The van der Waals surface area contributed by atoms with Gasteiger partial charge in [0.2, 0.25) is 0 Å². The molecule has 1 amide bonds. The summed E-state index contributed by atoms with van der Waals surface area (Å²) < 4.78 is 9.15. The number of nitrogens with one attached hydrogen (secondary N) is 1. The van der Waals surface area contributed by atoms with E-state index in [0.717, 1.165) is 16.6 Å². The lowest BCUT2D eigenvalue weighted by Gasteiger charge is -2.10. The maximum atomic E-state index is 13.0. The second-order valence-electron chi connectivity index (χ2n) is 7.44. The average molecular weight is 412 g/mol. The molecule has 7 nitrogen and oxygen atoms in total. The lowest BCUT2D eigenvalue weighted by molar-refractivity contribution is 0.0921. The van der Waals surface area contributed by atoms with Crippen LogP contribution in [0, 0.1) is 6.92 Å². The van der Waals surface area contributed by atoms with Crippen LogP contribution in [-0.2, 0) is 13.1 Å². The molecule has 0 aliphatic rings. The zero-order valence-corrected chi connectivity index (χ0v) is 16.9. The topological polar surface area (TPSA) is 81.5 Å². The normalized spacial score (nSPS) is 11.3. The van der Waals surface area contributed by atoms with Crippen LogP contribution in [0.15, 0.2) is 82.3 Å². The van der Waals surface area contributed by atoms with Crippen LogP contribution >= 0.6 is 0 Å². The molecule has 4 heterocycles. The van der Waals surface area contributed by atoms with E-state index in [9.17, 15) is 9.59 Å². The first-order chi connectivity index (χ1) is 15.1. The molecule has 0 spiro atoms. The monoisotopic (exact) mass is 412 g/mol. The van der Waals surface area contributed by atoms with Crippen molar-refractivity contribution in [2.75, 3.05) is 0 Å². The van der Waals surface area contributed by atoms with Gasteiger partial charge < -0.3 is 14.1 Å². The van der Waals surface area contributed by atoms with E-state index < -0.39 is 0 Å². The van der Waals surface area contributed by atoms with E-state index in [0.29, 0.717) is 23.5 Å². The molecule has 0 bridgehead atoms. The minimum atomic E-state index is -0.301. The Morgan fingerprint density at radius 1 is 1.06 bits per heavy atom. The lowest BCUT2D eigenvalue weighted by atomic mass is 10.1. The summed E-state index contributed by atoms with van der Waals surface area (Å²) >= 11 is 0. The molecule has 0 aliphatic carbocycles. The van der Waals surface area contributed by atoms with E-state index in [2.05, 4.69) is 10.3 Å². The smallest absolute Gasteiger partial charge is 0.287 e. The molecule has 0 aliphatic heterocycles. The molecule has 5 rings (SSSR count). The molecular formula is C24H20N4O3. The molecule has 0 radical (unpaired) electrons. The molecule has 154 valence electrons. The highest BCUT2D eigenvalue weighted by Gasteiger charge is 2.15. The third kappa shape index (κ3) is 3.50. The summed E-state index contributed by atoms with van der Waals surface area (Å²) in [4.78, 5) is 29.9. The average Bonchev–Trinajstić information content (AvgIpc) is 3.45. The zero-order chi connectivity index (χ0) is 21.4. The van der Waals surface area contributed by atoms with E-state index in [1.807, 2.05) is 60.0 Å². The SMILES string of the molecule is Cc1cccc(CNC(=O)c2ccc(Cn3c(=O)c4cccn4c4cccnc43)o2)c1. The van der Waals surface area contributed by atoms with E-state index in [-0.39, 0.29) is 23.8 Å². The molecular weight excluding hydrogens is 392 g/mol. The van der Waals surface area contributed by atoms with Crippen molar-refractivity contribution >= 4 is 22.6 Å². The van der Waals surface area contributed by atoms with E-state index in [1.54, 1.807) is 29.0 Å². The Morgan fingerprint density at radius 3 is 2.81 bits per heavy atom. The van der Waals surface area contributed by atoms with Crippen molar-refractivity contribution < 1.29 is 9.21 Å². The third-order valence-electron chi connectivity index (χ3n) is 5.23. The van der Waals surface area contributed by atoms with E-state index >= 15 is 0 Å². The van der Waals surface area contributed by atoms with Gasteiger partial charge in [-0.15, -0.1) is 0 Å². The van der Waals surface area contributed by atoms with Gasteiger partial charge in [0.25, 0.3) is 11.5 Å². The van der Waals surface area contributed by atoms with Gasteiger partial charge in [-0.05, 0) is 48.9 Å². The van der Waals surface area contributed by atoms with Gasteiger partial charge in [-0.3, -0.25) is 14.2 Å². The number of rotatable bonds is 5. The van der Waals surface area contributed by atoms with Gasteiger partial charge in [0.15, 0.2) is 11.4 Å². The van der Waals surface area contributed by atoms with Gasteiger partial charge in [-0.2, -0.15) is 0 Å². The van der Waals surface area contributed by atoms with Crippen LogP contribution in [0.2, 0.25) is 0 Å². The fourth-order valence-electron chi connectivity index (χ4n) is 3.76. The van der Waals surface area contributed by atoms with Crippen LogP contribution < -0.4 is 10.9 Å². The summed E-state index contributed by atoms with van der Waals surface area (Å²) in [6.45, 7) is 2.60. The number of amides is 1. The molecule has 5 aromatic rings. The van der Waals surface area contributed by atoms with Crippen molar-refractivity contribution in [1.82, 2.24) is 19.3 Å². The first-order valence-electron chi connectivity index (χ1n) is 9.97. The molecule has 0 atom stereocenters. The quantitative estimate of drug-likeness (QED) is 0.479. The van der Waals surface area contributed by atoms with Crippen molar-refractivity contribution in [2.45, 2.75) is 20.0 Å². The van der Waals surface area contributed by atoms with Gasteiger partial charge in [0.1, 0.15) is 11.3 Å². The van der Waals surface area contributed by atoms with Crippen LogP contribution in [-0.4, -0.2) is 19.9 Å². The molecule has 0 unspecified atom stereocenters. The summed E-state index contributed by atoms with van der Waals surface area (Å²) in [7, 11) is 0. The molecule has 4 aromatic heterocycles. The number of carbonyl (C=O) groups excluding carboxylic acids is 1. The van der Waals surface area contributed by atoms with Crippen LogP contribution in [0.1, 0.15) is 27.4 Å². The Bertz CT molecular complexity index is 1480. The number of nitrogens with zero attached hydrogens (tertiary/aromatic N) is 3. The van der Waals surface area contributed by atoms with Crippen molar-refractivity contribution in [2.24, 2.45) is 0 Å². The van der Waals surface area contributed by atoms with Gasteiger partial charge in [0, 0.05) is 18.9 Å². The van der Waals surface area contributed by atoms with Crippen LogP contribution in [0.3, 0.4) is 0 Å². The van der Waals surface area contributed by atoms with E-state index in [4.69, 9.17) is 4.42 Å². The summed E-state index contributed by atoms with van der Waals surface area (Å²) in [5.74, 6) is 0.410. The maximum absolute atomic E-state index is 13.0.